The number of hydrogen-bond acceptors (Lipinski definition) is 3. The van der Waals surface area contributed by atoms with Crippen molar-refractivity contribution in [3.63, 3.8) is 0 Å². The maximum atomic E-state index is 9.39. The average molecular weight is 187 g/mol. The topological polar surface area (TPSA) is 23.5 Å². The molecule has 0 aromatic carbocycles. The molecule has 0 spiro atoms. The molecular formula is C9H17NOS. The molecule has 0 saturated carbocycles. The van der Waals surface area contributed by atoms with Crippen LogP contribution in [0.15, 0.2) is 0 Å². The van der Waals surface area contributed by atoms with E-state index in [1.165, 1.54) is 32.4 Å². The number of rotatable bonds is 2. The van der Waals surface area contributed by atoms with Crippen LogP contribution in [0.4, 0.5) is 0 Å². The molecule has 70 valence electrons. The first-order valence-corrected chi connectivity index (χ1v) is 5.98. The number of nitrogens with zero attached hydrogens (tertiary/aromatic N) is 1. The molecule has 2 nitrogen and oxygen atoms in total. The van der Waals surface area contributed by atoms with Gasteiger partial charge < -0.3 is 5.11 Å². The number of thioether (sulfide) groups is 1. The van der Waals surface area contributed by atoms with Crippen molar-refractivity contribution < 1.29 is 5.11 Å². The van der Waals surface area contributed by atoms with E-state index in [4.69, 9.17) is 0 Å². The molecule has 2 rings (SSSR count). The Labute approximate surface area is 78.3 Å². The van der Waals surface area contributed by atoms with Crippen molar-refractivity contribution in [2.24, 2.45) is 0 Å². The molecule has 0 aromatic heterocycles. The fourth-order valence-electron chi connectivity index (χ4n) is 2.65. The van der Waals surface area contributed by atoms with Crippen LogP contribution in [0.1, 0.15) is 19.3 Å². The molecule has 2 fully saturated rings. The highest BCUT2D eigenvalue weighted by molar-refractivity contribution is 7.99. The first kappa shape index (κ1) is 8.85. The summed E-state index contributed by atoms with van der Waals surface area (Å²) in [7, 11) is 0. The van der Waals surface area contributed by atoms with E-state index < -0.39 is 0 Å². The minimum atomic E-state index is 0.188. The Hall–Kier alpha value is 0.270. The fourth-order valence-corrected chi connectivity index (χ4v) is 3.45. The van der Waals surface area contributed by atoms with E-state index in [0.29, 0.717) is 6.61 Å². The molecule has 0 aromatic rings. The molecule has 0 radical (unpaired) electrons. The molecule has 2 aliphatic rings. The van der Waals surface area contributed by atoms with E-state index >= 15 is 0 Å². The molecule has 1 N–H and O–H groups in total. The summed E-state index contributed by atoms with van der Waals surface area (Å²) in [5.41, 5.74) is 0.188. The summed E-state index contributed by atoms with van der Waals surface area (Å²) >= 11 is 1.95. The second kappa shape index (κ2) is 3.20. The van der Waals surface area contributed by atoms with Crippen LogP contribution in [-0.2, 0) is 0 Å². The molecule has 0 amide bonds. The minimum absolute atomic E-state index is 0.188. The third-order valence-corrected chi connectivity index (χ3v) is 4.38. The minimum Gasteiger partial charge on any atom is -0.394 e. The highest BCUT2D eigenvalue weighted by atomic mass is 32.2. The quantitative estimate of drug-likeness (QED) is 0.696. The largest absolute Gasteiger partial charge is 0.394 e. The van der Waals surface area contributed by atoms with Gasteiger partial charge in [-0.25, -0.2) is 0 Å². The van der Waals surface area contributed by atoms with Crippen molar-refractivity contribution in [1.29, 1.82) is 0 Å². The van der Waals surface area contributed by atoms with Crippen molar-refractivity contribution in [2.45, 2.75) is 30.1 Å². The van der Waals surface area contributed by atoms with Gasteiger partial charge in [-0.15, -0.1) is 0 Å². The number of fused-ring (bicyclic) bond motifs is 1. The van der Waals surface area contributed by atoms with Crippen molar-refractivity contribution in [2.75, 3.05) is 26.0 Å². The molecule has 2 heterocycles. The number of hydrogen-bond donors (Lipinski definition) is 1. The second-order valence-electron chi connectivity index (χ2n) is 3.99. The van der Waals surface area contributed by atoms with Crippen molar-refractivity contribution >= 4 is 11.8 Å². The van der Waals surface area contributed by atoms with Crippen LogP contribution in [0.25, 0.3) is 0 Å². The molecule has 2 aliphatic heterocycles. The molecule has 0 unspecified atom stereocenters. The Bertz CT molecular complexity index is 176. The van der Waals surface area contributed by atoms with Gasteiger partial charge in [0.15, 0.2) is 0 Å². The molecule has 3 heteroatoms. The van der Waals surface area contributed by atoms with Gasteiger partial charge in [-0.05, 0) is 32.1 Å². The van der Waals surface area contributed by atoms with E-state index in [0.717, 1.165) is 5.25 Å². The SMILES string of the molecule is CS[C@@H]1CN2CCC[C@@]2(CO)C1. The number of aliphatic hydroxyl groups excluding tert-OH is 1. The Balaban J connectivity index is 2.09. The van der Waals surface area contributed by atoms with Gasteiger partial charge in [0.25, 0.3) is 0 Å². The smallest absolute Gasteiger partial charge is 0.0615 e. The standard InChI is InChI=1S/C9H17NOS/c1-12-8-5-9(7-11)3-2-4-10(9)6-8/h8,11H,2-7H2,1H3/t8-,9-/m0/s1. The summed E-state index contributed by atoms with van der Waals surface area (Å²) in [4.78, 5) is 2.49. The third-order valence-electron chi connectivity index (χ3n) is 3.40. The maximum Gasteiger partial charge on any atom is 0.0615 e. The average Bonchev–Trinajstić information content (AvgIpc) is 2.58. The third kappa shape index (κ3) is 1.19. The van der Waals surface area contributed by atoms with Crippen molar-refractivity contribution in [1.82, 2.24) is 4.90 Å². The zero-order chi connectivity index (χ0) is 8.60. The monoisotopic (exact) mass is 187 g/mol. The van der Waals surface area contributed by atoms with Crippen molar-refractivity contribution in [3.05, 3.63) is 0 Å². The van der Waals surface area contributed by atoms with Gasteiger partial charge in [0, 0.05) is 17.3 Å². The lowest BCUT2D eigenvalue weighted by Crippen LogP contribution is -2.41. The van der Waals surface area contributed by atoms with Crippen LogP contribution in [0.3, 0.4) is 0 Å². The Morgan fingerprint density at radius 2 is 2.50 bits per heavy atom. The van der Waals surface area contributed by atoms with Gasteiger partial charge >= 0.3 is 0 Å². The summed E-state index contributed by atoms with van der Waals surface area (Å²) in [5, 5.41) is 10.2. The predicted octanol–water partition coefficient (Wildman–Crippen LogP) is 0.949. The first-order chi connectivity index (χ1) is 5.80. The van der Waals surface area contributed by atoms with E-state index in [1.807, 2.05) is 11.8 Å². The van der Waals surface area contributed by atoms with E-state index in [1.54, 1.807) is 0 Å². The van der Waals surface area contributed by atoms with E-state index in [-0.39, 0.29) is 5.54 Å². The van der Waals surface area contributed by atoms with Gasteiger partial charge in [0.1, 0.15) is 0 Å². The second-order valence-corrected chi connectivity index (χ2v) is 5.13. The normalized spacial score (nSPS) is 42.0. The zero-order valence-corrected chi connectivity index (χ0v) is 8.44. The number of aliphatic hydroxyl groups is 1. The molecule has 2 atom stereocenters. The lowest BCUT2D eigenvalue weighted by Gasteiger charge is -2.29. The summed E-state index contributed by atoms with van der Waals surface area (Å²) < 4.78 is 0. The summed E-state index contributed by atoms with van der Waals surface area (Å²) in [5.74, 6) is 0. The first-order valence-electron chi connectivity index (χ1n) is 4.69. The molecule has 0 aliphatic carbocycles. The highest BCUT2D eigenvalue weighted by Gasteiger charge is 2.47. The van der Waals surface area contributed by atoms with Gasteiger partial charge in [0.2, 0.25) is 0 Å². The van der Waals surface area contributed by atoms with Gasteiger partial charge in [-0.2, -0.15) is 11.8 Å². The summed E-state index contributed by atoms with van der Waals surface area (Å²) in [6.07, 6.45) is 5.87. The summed E-state index contributed by atoms with van der Waals surface area (Å²) in [6, 6.07) is 0. The molecule has 2 saturated heterocycles. The van der Waals surface area contributed by atoms with Gasteiger partial charge in [-0.3, -0.25) is 4.90 Å². The Morgan fingerprint density at radius 1 is 1.67 bits per heavy atom. The molecule has 0 bridgehead atoms. The highest BCUT2D eigenvalue weighted by Crippen LogP contribution is 2.41. The summed E-state index contributed by atoms with van der Waals surface area (Å²) in [6.45, 7) is 2.77. The molecule has 12 heavy (non-hydrogen) atoms. The van der Waals surface area contributed by atoms with Crippen LogP contribution in [0.5, 0.6) is 0 Å². The van der Waals surface area contributed by atoms with Crippen LogP contribution in [-0.4, -0.2) is 46.7 Å². The lowest BCUT2D eigenvalue weighted by atomic mass is 9.95. The van der Waals surface area contributed by atoms with E-state index in [9.17, 15) is 5.11 Å². The lowest BCUT2D eigenvalue weighted by molar-refractivity contribution is 0.0999. The van der Waals surface area contributed by atoms with Crippen LogP contribution in [0, 0.1) is 0 Å². The Kier molecular flexibility index (Phi) is 2.36. The molecular weight excluding hydrogens is 170 g/mol. The maximum absolute atomic E-state index is 9.39. The van der Waals surface area contributed by atoms with E-state index in [2.05, 4.69) is 11.2 Å². The Morgan fingerprint density at radius 3 is 3.08 bits per heavy atom. The van der Waals surface area contributed by atoms with Crippen LogP contribution < -0.4 is 0 Å². The van der Waals surface area contributed by atoms with Crippen LogP contribution >= 0.6 is 11.8 Å². The van der Waals surface area contributed by atoms with Crippen LogP contribution in [0.2, 0.25) is 0 Å². The van der Waals surface area contributed by atoms with Crippen molar-refractivity contribution in [3.8, 4) is 0 Å². The fraction of sp³-hybridized carbons (Fsp3) is 1.00. The van der Waals surface area contributed by atoms with Gasteiger partial charge in [-0.1, -0.05) is 0 Å². The zero-order valence-electron chi connectivity index (χ0n) is 7.62. The van der Waals surface area contributed by atoms with Gasteiger partial charge in [0.05, 0.1) is 6.61 Å². The predicted molar refractivity (Wildman–Crippen MR) is 52.5 cm³/mol.